The maximum atomic E-state index is 12.5. The van der Waals surface area contributed by atoms with Gasteiger partial charge in [-0.2, -0.15) is 0 Å². The molecule has 28 heavy (non-hydrogen) atoms. The molecule has 0 saturated heterocycles. The van der Waals surface area contributed by atoms with Crippen molar-refractivity contribution in [3.8, 4) is 16.9 Å². The molecule has 0 aliphatic rings. The second kappa shape index (κ2) is 8.94. The number of hydrogen-bond donors (Lipinski definition) is 2. The number of carbonyl (C=O) groups is 2. The van der Waals surface area contributed by atoms with Crippen LogP contribution in [0.4, 0.5) is 0 Å². The van der Waals surface area contributed by atoms with E-state index in [9.17, 15) is 14.7 Å². The van der Waals surface area contributed by atoms with Gasteiger partial charge < -0.3 is 10.4 Å². The van der Waals surface area contributed by atoms with Gasteiger partial charge in [-0.05, 0) is 18.6 Å². The molecule has 0 fully saturated rings. The number of aromatic nitrogens is 3. The summed E-state index contributed by atoms with van der Waals surface area (Å²) in [4.78, 5) is 23.8. The van der Waals surface area contributed by atoms with E-state index >= 15 is 0 Å². The van der Waals surface area contributed by atoms with Crippen LogP contribution in [0.2, 0.25) is 0 Å². The molecular weight excluding hydrogens is 356 g/mol. The third-order valence-electron chi connectivity index (χ3n) is 4.33. The van der Waals surface area contributed by atoms with Crippen molar-refractivity contribution in [2.75, 3.05) is 0 Å². The summed E-state index contributed by atoms with van der Waals surface area (Å²) >= 11 is 0. The summed E-state index contributed by atoms with van der Waals surface area (Å²) in [6, 6.07) is 18.2. The minimum absolute atomic E-state index is 0.0510. The van der Waals surface area contributed by atoms with Crippen molar-refractivity contribution in [1.82, 2.24) is 20.3 Å². The minimum Gasteiger partial charge on any atom is -0.480 e. The first-order valence-electron chi connectivity index (χ1n) is 9.17. The van der Waals surface area contributed by atoms with Gasteiger partial charge in [-0.3, -0.25) is 4.79 Å². The van der Waals surface area contributed by atoms with Crippen LogP contribution in [0.3, 0.4) is 0 Å². The lowest BCUT2D eigenvalue weighted by atomic mass is 10.1. The van der Waals surface area contributed by atoms with Gasteiger partial charge >= 0.3 is 5.97 Å². The fraction of sp³-hybridized carbons (Fsp3) is 0.238. The third-order valence-corrected chi connectivity index (χ3v) is 4.33. The van der Waals surface area contributed by atoms with Gasteiger partial charge in [0.05, 0.1) is 17.8 Å². The van der Waals surface area contributed by atoms with Crippen LogP contribution in [0.15, 0.2) is 60.7 Å². The minimum atomic E-state index is -1.04. The highest BCUT2D eigenvalue weighted by Crippen LogP contribution is 2.25. The molecule has 7 nitrogen and oxygen atoms in total. The summed E-state index contributed by atoms with van der Waals surface area (Å²) < 4.78 is 1.69. The van der Waals surface area contributed by atoms with Crippen LogP contribution in [0.5, 0.6) is 0 Å². The van der Waals surface area contributed by atoms with Crippen LogP contribution in [0.25, 0.3) is 16.9 Å². The first kappa shape index (κ1) is 19.3. The molecule has 0 saturated carbocycles. The second-order valence-corrected chi connectivity index (χ2v) is 6.42. The number of amides is 1. The Morgan fingerprint density at radius 2 is 1.71 bits per heavy atom. The zero-order chi connectivity index (χ0) is 19.9. The van der Waals surface area contributed by atoms with Gasteiger partial charge in [0.25, 0.3) is 0 Å². The molecule has 0 aliphatic heterocycles. The molecule has 7 heteroatoms. The summed E-state index contributed by atoms with van der Waals surface area (Å²) in [5.41, 5.74) is 2.91. The average molecular weight is 378 g/mol. The van der Waals surface area contributed by atoms with E-state index in [1.54, 1.807) is 4.68 Å². The lowest BCUT2D eigenvalue weighted by Crippen LogP contribution is -2.41. The Hall–Kier alpha value is -3.48. The Balaban J connectivity index is 1.92. The average Bonchev–Trinajstić information content (AvgIpc) is 3.12. The summed E-state index contributed by atoms with van der Waals surface area (Å²) in [5.74, 6) is -1.43. The van der Waals surface area contributed by atoms with Gasteiger partial charge in [-0.15, -0.1) is 5.10 Å². The Bertz CT molecular complexity index is 939. The summed E-state index contributed by atoms with van der Waals surface area (Å²) in [6.45, 7) is 1.88. The molecule has 2 N–H and O–H groups in total. The van der Waals surface area contributed by atoms with Gasteiger partial charge in [-0.1, -0.05) is 67.1 Å². The molecule has 1 atom stereocenters. The van der Waals surface area contributed by atoms with E-state index in [0.29, 0.717) is 24.2 Å². The van der Waals surface area contributed by atoms with Crippen LogP contribution < -0.4 is 5.32 Å². The van der Waals surface area contributed by atoms with Gasteiger partial charge in [0.15, 0.2) is 0 Å². The van der Waals surface area contributed by atoms with E-state index in [1.807, 2.05) is 67.6 Å². The van der Waals surface area contributed by atoms with E-state index in [0.717, 1.165) is 11.3 Å². The Morgan fingerprint density at radius 3 is 2.32 bits per heavy atom. The van der Waals surface area contributed by atoms with Gasteiger partial charge in [0, 0.05) is 5.56 Å². The molecule has 1 aromatic heterocycles. The number of para-hydroxylation sites is 1. The molecular formula is C21H22N4O3. The molecule has 3 rings (SSSR count). The number of benzene rings is 2. The van der Waals surface area contributed by atoms with E-state index in [2.05, 4.69) is 15.6 Å². The second-order valence-electron chi connectivity index (χ2n) is 6.42. The van der Waals surface area contributed by atoms with Crippen molar-refractivity contribution in [2.24, 2.45) is 0 Å². The van der Waals surface area contributed by atoms with Gasteiger partial charge in [0.1, 0.15) is 11.7 Å². The number of carbonyl (C=O) groups excluding carboxylic acids is 1. The third kappa shape index (κ3) is 4.43. The number of carboxylic acids is 1. The Labute approximate surface area is 163 Å². The van der Waals surface area contributed by atoms with Crippen molar-refractivity contribution in [3.63, 3.8) is 0 Å². The molecule has 1 heterocycles. The van der Waals surface area contributed by atoms with Crippen molar-refractivity contribution < 1.29 is 14.7 Å². The predicted molar refractivity (Wildman–Crippen MR) is 105 cm³/mol. The van der Waals surface area contributed by atoms with Crippen LogP contribution >= 0.6 is 0 Å². The molecule has 144 valence electrons. The molecule has 0 aliphatic carbocycles. The lowest BCUT2D eigenvalue weighted by molar-refractivity contribution is -0.141. The fourth-order valence-corrected chi connectivity index (χ4v) is 3.01. The first-order chi connectivity index (χ1) is 13.6. The maximum Gasteiger partial charge on any atom is 0.326 e. The summed E-state index contributed by atoms with van der Waals surface area (Å²) in [5, 5.41) is 20.3. The van der Waals surface area contributed by atoms with Crippen molar-refractivity contribution in [1.29, 1.82) is 0 Å². The molecule has 1 unspecified atom stereocenters. The molecule has 0 spiro atoms. The van der Waals surface area contributed by atoms with E-state index in [1.165, 1.54) is 0 Å². The van der Waals surface area contributed by atoms with Crippen LogP contribution in [0, 0.1) is 0 Å². The molecule has 0 bridgehead atoms. The van der Waals surface area contributed by atoms with Crippen molar-refractivity contribution >= 4 is 11.9 Å². The van der Waals surface area contributed by atoms with Crippen LogP contribution in [0.1, 0.15) is 25.5 Å². The lowest BCUT2D eigenvalue weighted by Gasteiger charge is -2.13. The van der Waals surface area contributed by atoms with Gasteiger partial charge in [0.2, 0.25) is 5.91 Å². The van der Waals surface area contributed by atoms with Gasteiger partial charge in [-0.25, -0.2) is 9.48 Å². The van der Waals surface area contributed by atoms with Crippen LogP contribution in [-0.2, 0) is 16.0 Å². The zero-order valence-electron chi connectivity index (χ0n) is 15.6. The summed E-state index contributed by atoms with van der Waals surface area (Å²) in [6.07, 6.45) is 0.991. The summed E-state index contributed by atoms with van der Waals surface area (Å²) in [7, 11) is 0. The molecule has 0 radical (unpaired) electrons. The number of rotatable bonds is 8. The number of nitrogens with one attached hydrogen (secondary N) is 1. The number of nitrogens with zero attached hydrogens (tertiary/aromatic N) is 3. The highest BCUT2D eigenvalue weighted by molar-refractivity contribution is 5.85. The first-order valence-corrected chi connectivity index (χ1v) is 9.17. The highest BCUT2D eigenvalue weighted by atomic mass is 16.4. The fourth-order valence-electron chi connectivity index (χ4n) is 3.01. The van der Waals surface area contributed by atoms with Crippen molar-refractivity contribution in [2.45, 2.75) is 32.2 Å². The quantitative estimate of drug-likeness (QED) is 0.628. The van der Waals surface area contributed by atoms with Crippen molar-refractivity contribution in [3.05, 3.63) is 66.4 Å². The highest BCUT2D eigenvalue weighted by Gasteiger charge is 2.22. The molecule has 2 aromatic carbocycles. The van der Waals surface area contributed by atoms with E-state index < -0.39 is 17.9 Å². The smallest absolute Gasteiger partial charge is 0.326 e. The predicted octanol–water partition coefficient (Wildman–Crippen LogP) is 2.85. The normalized spacial score (nSPS) is 11.8. The van der Waals surface area contributed by atoms with E-state index in [4.69, 9.17) is 0 Å². The van der Waals surface area contributed by atoms with E-state index in [-0.39, 0.29) is 6.42 Å². The molecule has 3 aromatic rings. The Morgan fingerprint density at radius 1 is 1.07 bits per heavy atom. The maximum absolute atomic E-state index is 12.5. The molecule has 1 amide bonds. The standard InChI is InChI=1S/C21H22N4O3/c1-2-9-17(21(27)28)22-19(26)14-18-20(15-10-5-3-6-11-15)25(24-23-18)16-12-7-4-8-13-16/h3-8,10-13,17H,2,9,14H2,1H3,(H,22,26)(H,27,28). The zero-order valence-corrected chi connectivity index (χ0v) is 15.6. The monoisotopic (exact) mass is 378 g/mol. The largest absolute Gasteiger partial charge is 0.480 e. The van der Waals surface area contributed by atoms with Crippen LogP contribution in [-0.4, -0.2) is 38.0 Å². The number of hydrogen-bond acceptors (Lipinski definition) is 4. The topological polar surface area (TPSA) is 97.1 Å². The SMILES string of the molecule is CCCC(NC(=O)Cc1nnn(-c2ccccc2)c1-c1ccccc1)C(=O)O. The number of aliphatic carboxylic acids is 1. The Kier molecular flexibility index (Phi) is 6.16. The number of carboxylic acid groups (broad SMARTS) is 1.